The van der Waals surface area contributed by atoms with Gasteiger partial charge in [-0.05, 0) is 47.5 Å². The second-order valence-electron chi connectivity index (χ2n) is 4.57. The van der Waals surface area contributed by atoms with E-state index in [2.05, 4.69) is 20.7 Å². The minimum atomic E-state index is -3.94. The van der Waals surface area contributed by atoms with E-state index in [0.29, 0.717) is 15.9 Å². The summed E-state index contributed by atoms with van der Waals surface area (Å²) in [5, 5.41) is 9.59. The van der Waals surface area contributed by atoms with Gasteiger partial charge in [0.25, 0.3) is 0 Å². The summed E-state index contributed by atoms with van der Waals surface area (Å²) in [5.74, 6) is -1.21. The van der Waals surface area contributed by atoms with Crippen LogP contribution in [0, 0.1) is 0 Å². The van der Waals surface area contributed by atoms with E-state index >= 15 is 0 Å². The number of aliphatic carboxylic acids is 1. The van der Waals surface area contributed by atoms with Crippen LogP contribution in [0.1, 0.15) is 26.7 Å². The van der Waals surface area contributed by atoms with Crippen molar-refractivity contribution in [1.29, 1.82) is 0 Å². The number of carboxylic acid groups (broad SMARTS) is 1. The van der Waals surface area contributed by atoms with Crippen molar-refractivity contribution in [2.75, 3.05) is 0 Å². The first-order valence-electron chi connectivity index (χ1n) is 5.85. The summed E-state index contributed by atoms with van der Waals surface area (Å²) in [6.07, 6.45) is 0.728. The Labute approximate surface area is 131 Å². The molecule has 0 amide bonds. The second kappa shape index (κ2) is 6.43. The minimum absolute atomic E-state index is 0.0441. The summed E-state index contributed by atoms with van der Waals surface area (Å²) in [4.78, 5) is 11.2. The molecule has 0 fully saturated rings. The maximum Gasteiger partial charge on any atom is 0.324 e. The molecule has 20 heavy (non-hydrogen) atoms. The van der Waals surface area contributed by atoms with E-state index in [-0.39, 0.29) is 11.3 Å². The SMILES string of the molecule is CCCC(C)(NS(=O)(=O)c1ccc(Cl)c(Br)c1)C(=O)O. The molecular formula is C12H15BrClNO4S. The van der Waals surface area contributed by atoms with Crippen molar-refractivity contribution < 1.29 is 18.3 Å². The van der Waals surface area contributed by atoms with Crippen LogP contribution in [0.5, 0.6) is 0 Å². The number of rotatable bonds is 6. The Morgan fingerprint density at radius 2 is 2.10 bits per heavy atom. The van der Waals surface area contributed by atoms with Crippen LogP contribution in [0.15, 0.2) is 27.6 Å². The lowest BCUT2D eigenvalue weighted by Crippen LogP contribution is -2.51. The van der Waals surface area contributed by atoms with Gasteiger partial charge in [0.15, 0.2) is 0 Å². The predicted molar refractivity (Wildman–Crippen MR) is 80.4 cm³/mol. The maximum absolute atomic E-state index is 12.3. The maximum atomic E-state index is 12.3. The second-order valence-corrected chi connectivity index (χ2v) is 7.51. The van der Waals surface area contributed by atoms with Gasteiger partial charge in [-0.25, -0.2) is 8.42 Å². The molecule has 1 unspecified atom stereocenters. The molecule has 0 saturated carbocycles. The third-order valence-electron chi connectivity index (χ3n) is 2.78. The third kappa shape index (κ3) is 3.94. The van der Waals surface area contributed by atoms with Gasteiger partial charge in [0, 0.05) is 4.47 Å². The monoisotopic (exact) mass is 383 g/mol. The van der Waals surface area contributed by atoms with E-state index in [0.717, 1.165) is 0 Å². The first-order valence-corrected chi connectivity index (χ1v) is 8.50. The lowest BCUT2D eigenvalue weighted by Gasteiger charge is -2.25. The molecule has 1 aromatic carbocycles. The highest BCUT2D eigenvalue weighted by atomic mass is 79.9. The number of carbonyl (C=O) groups is 1. The van der Waals surface area contributed by atoms with Crippen LogP contribution in [0.4, 0.5) is 0 Å². The molecule has 112 valence electrons. The van der Waals surface area contributed by atoms with Crippen molar-refractivity contribution in [3.05, 3.63) is 27.7 Å². The standard InChI is InChI=1S/C12H15BrClNO4S/c1-3-6-12(2,11(16)17)15-20(18,19)8-4-5-10(14)9(13)7-8/h4-5,7,15H,3,6H2,1-2H3,(H,16,17). The molecule has 1 atom stereocenters. The topological polar surface area (TPSA) is 83.5 Å². The number of hydrogen-bond acceptors (Lipinski definition) is 3. The van der Waals surface area contributed by atoms with E-state index in [9.17, 15) is 18.3 Å². The van der Waals surface area contributed by atoms with Gasteiger partial charge in [0.05, 0.1) is 9.92 Å². The number of halogens is 2. The minimum Gasteiger partial charge on any atom is -0.480 e. The van der Waals surface area contributed by atoms with Gasteiger partial charge >= 0.3 is 5.97 Å². The van der Waals surface area contributed by atoms with E-state index in [1.54, 1.807) is 6.92 Å². The van der Waals surface area contributed by atoms with Crippen LogP contribution in [0.25, 0.3) is 0 Å². The number of sulfonamides is 1. The Morgan fingerprint density at radius 1 is 1.50 bits per heavy atom. The smallest absolute Gasteiger partial charge is 0.324 e. The Kier molecular flexibility index (Phi) is 5.60. The molecule has 0 heterocycles. The summed E-state index contributed by atoms with van der Waals surface area (Å²) in [6.45, 7) is 3.13. The molecule has 0 aliphatic rings. The molecule has 0 aromatic heterocycles. The van der Waals surface area contributed by atoms with Crippen LogP contribution in [-0.4, -0.2) is 25.0 Å². The van der Waals surface area contributed by atoms with Crippen LogP contribution in [0.2, 0.25) is 5.02 Å². The van der Waals surface area contributed by atoms with Crippen LogP contribution >= 0.6 is 27.5 Å². The molecule has 0 bridgehead atoms. The van der Waals surface area contributed by atoms with Gasteiger partial charge in [-0.15, -0.1) is 0 Å². The number of hydrogen-bond donors (Lipinski definition) is 2. The van der Waals surface area contributed by atoms with E-state index in [1.807, 2.05) is 0 Å². The van der Waals surface area contributed by atoms with Gasteiger partial charge in [-0.1, -0.05) is 24.9 Å². The average molecular weight is 385 g/mol. The first-order chi connectivity index (χ1) is 9.12. The van der Waals surface area contributed by atoms with Crippen LogP contribution in [-0.2, 0) is 14.8 Å². The van der Waals surface area contributed by atoms with Gasteiger partial charge < -0.3 is 5.11 Å². The molecule has 0 radical (unpaired) electrons. The third-order valence-corrected chi connectivity index (χ3v) is 5.59. The summed E-state index contributed by atoms with van der Waals surface area (Å²) < 4.78 is 27.2. The number of carboxylic acids is 1. The molecular weight excluding hydrogens is 370 g/mol. The molecule has 2 N–H and O–H groups in total. The molecule has 1 rings (SSSR count). The van der Waals surface area contributed by atoms with Crippen molar-refractivity contribution in [2.45, 2.75) is 37.1 Å². The van der Waals surface area contributed by atoms with Gasteiger partial charge in [0.1, 0.15) is 5.54 Å². The van der Waals surface area contributed by atoms with Crippen LogP contribution < -0.4 is 4.72 Å². The van der Waals surface area contributed by atoms with Crippen LogP contribution in [0.3, 0.4) is 0 Å². The highest BCUT2D eigenvalue weighted by molar-refractivity contribution is 9.10. The fourth-order valence-corrected chi connectivity index (χ4v) is 3.77. The highest BCUT2D eigenvalue weighted by Gasteiger charge is 2.37. The molecule has 0 aliphatic carbocycles. The first kappa shape index (κ1) is 17.4. The Morgan fingerprint density at radius 3 is 2.55 bits per heavy atom. The highest BCUT2D eigenvalue weighted by Crippen LogP contribution is 2.26. The Balaban J connectivity index is 3.16. The zero-order valence-electron chi connectivity index (χ0n) is 11.0. The zero-order valence-corrected chi connectivity index (χ0v) is 14.1. The number of benzene rings is 1. The zero-order chi connectivity index (χ0) is 15.6. The molecule has 0 saturated heterocycles. The van der Waals surface area contributed by atoms with Crippen molar-refractivity contribution >= 4 is 43.5 Å². The van der Waals surface area contributed by atoms with E-state index < -0.39 is 21.5 Å². The molecule has 8 heteroatoms. The van der Waals surface area contributed by atoms with E-state index in [4.69, 9.17) is 11.6 Å². The van der Waals surface area contributed by atoms with E-state index in [1.165, 1.54) is 25.1 Å². The van der Waals surface area contributed by atoms with Gasteiger partial charge in [-0.2, -0.15) is 4.72 Å². The Hall–Kier alpha value is -0.630. The summed E-state index contributed by atoms with van der Waals surface area (Å²) in [7, 11) is -3.94. The fraction of sp³-hybridized carbons (Fsp3) is 0.417. The fourth-order valence-electron chi connectivity index (χ4n) is 1.70. The largest absolute Gasteiger partial charge is 0.480 e. The lowest BCUT2D eigenvalue weighted by molar-refractivity contribution is -0.143. The predicted octanol–water partition coefficient (Wildman–Crippen LogP) is 3.02. The number of nitrogens with one attached hydrogen (secondary N) is 1. The average Bonchev–Trinajstić information content (AvgIpc) is 2.31. The summed E-state index contributed by atoms with van der Waals surface area (Å²) in [6, 6.07) is 4.08. The summed E-state index contributed by atoms with van der Waals surface area (Å²) in [5.41, 5.74) is -1.54. The normalized spacial score (nSPS) is 14.8. The van der Waals surface area contributed by atoms with Crippen molar-refractivity contribution in [3.8, 4) is 0 Å². The molecule has 5 nitrogen and oxygen atoms in total. The quantitative estimate of drug-likeness (QED) is 0.789. The summed E-state index contributed by atoms with van der Waals surface area (Å²) >= 11 is 8.95. The Bertz CT molecular complexity index is 620. The van der Waals surface area contributed by atoms with Crippen molar-refractivity contribution in [3.63, 3.8) is 0 Å². The van der Waals surface area contributed by atoms with Gasteiger partial charge in [-0.3, -0.25) is 4.79 Å². The molecule has 0 spiro atoms. The van der Waals surface area contributed by atoms with Gasteiger partial charge in [0.2, 0.25) is 10.0 Å². The van der Waals surface area contributed by atoms with Crippen molar-refractivity contribution in [2.24, 2.45) is 0 Å². The molecule has 0 aliphatic heterocycles. The lowest BCUT2D eigenvalue weighted by atomic mass is 9.98. The van der Waals surface area contributed by atoms with Crippen molar-refractivity contribution in [1.82, 2.24) is 4.72 Å². The molecule has 1 aromatic rings.